The number of amides is 1. The molecule has 0 saturated carbocycles. The third kappa shape index (κ3) is 7.05. The number of carbonyl (C=O) groups excluding carboxylic acids is 1. The second kappa shape index (κ2) is 13.5. The Kier molecular flexibility index (Phi) is 10.1. The SMILES string of the molecule is CCCCCCCC[C@H](NC(=O)CC(c1ccccc1)(c1ccccc1)c1ccccc1)C(=O)O. The summed E-state index contributed by atoms with van der Waals surface area (Å²) in [7, 11) is 0. The topological polar surface area (TPSA) is 66.4 Å². The van der Waals surface area contributed by atoms with Gasteiger partial charge >= 0.3 is 5.97 Å². The molecule has 1 atom stereocenters. The first-order valence-electron chi connectivity index (χ1n) is 12.8. The minimum Gasteiger partial charge on any atom is -0.480 e. The summed E-state index contributed by atoms with van der Waals surface area (Å²) < 4.78 is 0. The van der Waals surface area contributed by atoms with E-state index < -0.39 is 17.4 Å². The van der Waals surface area contributed by atoms with Crippen LogP contribution in [0.15, 0.2) is 91.0 Å². The van der Waals surface area contributed by atoms with Crippen LogP contribution in [0.2, 0.25) is 0 Å². The maximum atomic E-state index is 13.5. The number of benzene rings is 3. The van der Waals surface area contributed by atoms with E-state index in [0.717, 1.165) is 36.0 Å². The zero-order valence-electron chi connectivity index (χ0n) is 20.7. The van der Waals surface area contributed by atoms with Crippen LogP contribution in [0, 0.1) is 0 Å². The van der Waals surface area contributed by atoms with Crippen LogP contribution in [0.1, 0.15) is 75.0 Å². The Morgan fingerprint density at radius 3 is 1.57 bits per heavy atom. The second-order valence-electron chi connectivity index (χ2n) is 9.19. The van der Waals surface area contributed by atoms with E-state index in [9.17, 15) is 14.7 Å². The smallest absolute Gasteiger partial charge is 0.326 e. The average Bonchev–Trinajstić information content (AvgIpc) is 2.90. The minimum atomic E-state index is -0.975. The van der Waals surface area contributed by atoms with Gasteiger partial charge in [0.15, 0.2) is 0 Å². The molecule has 4 nitrogen and oxygen atoms in total. The molecule has 3 aromatic rings. The molecule has 0 aliphatic carbocycles. The molecule has 0 aliphatic rings. The lowest BCUT2D eigenvalue weighted by Gasteiger charge is -2.36. The number of hydrogen-bond acceptors (Lipinski definition) is 2. The fourth-order valence-electron chi connectivity index (χ4n) is 4.85. The molecule has 0 fully saturated rings. The molecule has 0 aliphatic heterocycles. The lowest BCUT2D eigenvalue weighted by Crippen LogP contribution is -2.44. The van der Waals surface area contributed by atoms with Crippen molar-refractivity contribution >= 4 is 11.9 Å². The number of carbonyl (C=O) groups is 2. The molecule has 0 aromatic heterocycles. The van der Waals surface area contributed by atoms with E-state index in [1.165, 1.54) is 19.3 Å². The lowest BCUT2D eigenvalue weighted by atomic mass is 9.67. The highest BCUT2D eigenvalue weighted by Crippen LogP contribution is 2.42. The van der Waals surface area contributed by atoms with Gasteiger partial charge in [-0.25, -0.2) is 4.79 Å². The first kappa shape index (κ1) is 26.2. The zero-order valence-corrected chi connectivity index (χ0v) is 20.7. The molecule has 0 heterocycles. The van der Waals surface area contributed by atoms with Crippen LogP contribution in [0.25, 0.3) is 0 Å². The predicted molar refractivity (Wildman–Crippen MR) is 141 cm³/mol. The summed E-state index contributed by atoms with van der Waals surface area (Å²) >= 11 is 0. The van der Waals surface area contributed by atoms with Gasteiger partial charge in [-0.05, 0) is 23.1 Å². The van der Waals surface area contributed by atoms with Gasteiger partial charge in [0, 0.05) is 6.42 Å². The summed E-state index contributed by atoms with van der Waals surface area (Å²) in [4.78, 5) is 25.5. The van der Waals surface area contributed by atoms with E-state index in [-0.39, 0.29) is 12.3 Å². The van der Waals surface area contributed by atoms with Gasteiger partial charge in [0.05, 0.1) is 5.41 Å². The summed E-state index contributed by atoms with van der Waals surface area (Å²) in [5.41, 5.74) is 2.25. The van der Waals surface area contributed by atoms with Crippen molar-refractivity contribution in [1.29, 1.82) is 0 Å². The highest BCUT2D eigenvalue weighted by atomic mass is 16.4. The van der Waals surface area contributed by atoms with Crippen molar-refractivity contribution in [3.63, 3.8) is 0 Å². The van der Waals surface area contributed by atoms with Crippen molar-refractivity contribution < 1.29 is 14.7 Å². The van der Waals surface area contributed by atoms with Gasteiger partial charge in [-0.15, -0.1) is 0 Å². The number of carboxylic acids is 1. The van der Waals surface area contributed by atoms with Gasteiger partial charge in [0.25, 0.3) is 0 Å². The van der Waals surface area contributed by atoms with E-state index in [1.807, 2.05) is 91.0 Å². The normalized spacial score (nSPS) is 12.1. The standard InChI is InChI=1S/C31H37NO3/c1-2-3-4-5-6-16-23-28(30(34)35)32-29(33)24-31(25-17-10-7-11-18-25,26-19-12-8-13-20-26)27-21-14-9-15-22-27/h7-15,17-22,28H,2-6,16,23-24H2,1H3,(H,32,33)(H,34,35)/t28-/m0/s1. The molecule has 0 radical (unpaired) electrons. The van der Waals surface area contributed by atoms with Crippen LogP contribution in [0.3, 0.4) is 0 Å². The molecule has 184 valence electrons. The van der Waals surface area contributed by atoms with Crippen molar-refractivity contribution in [3.05, 3.63) is 108 Å². The summed E-state index contributed by atoms with van der Waals surface area (Å²) in [5.74, 6) is -1.24. The second-order valence-corrected chi connectivity index (χ2v) is 9.19. The summed E-state index contributed by atoms with van der Waals surface area (Å²) in [6.07, 6.45) is 7.01. The molecule has 0 saturated heterocycles. The van der Waals surface area contributed by atoms with Crippen molar-refractivity contribution in [2.45, 2.75) is 69.7 Å². The predicted octanol–water partition coefficient (Wildman–Crippen LogP) is 6.73. The first-order valence-corrected chi connectivity index (χ1v) is 12.8. The highest BCUT2D eigenvalue weighted by Gasteiger charge is 2.39. The van der Waals surface area contributed by atoms with Crippen LogP contribution in [0.5, 0.6) is 0 Å². The van der Waals surface area contributed by atoms with Gasteiger partial charge in [-0.2, -0.15) is 0 Å². The molecule has 4 heteroatoms. The molecule has 2 N–H and O–H groups in total. The molecule has 0 unspecified atom stereocenters. The van der Waals surface area contributed by atoms with Gasteiger partial charge in [-0.1, -0.05) is 136 Å². The summed E-state index contributed by atoms with van der Waals surface area (Å²) in [5, 5.41) is 12.6. The number of nitrogens with one attached hydrogen (secondary N) is 1. The minimum absolute atomic E-state index is 0.116. The van der Waals surface area contributed by atoms with Gasteiger partial charge in [-0.3, -0.25) is 4.79 Å². The van der Waals surface area contributed by atoms with Crippen LogP contribution in [-0.2, 0) is 15.0 Å². The third-order valence-corrected chi connectivity index (χ3v) is 6.71. The van der Waals surface area contributed by atoms with Crippen LogP contribution >= 0.6 is 0 Å². The Labute approximate surface area is 209 Å². The molecule has 3 rings (SSSR count). The summed E-state index contributed by atoms with van der Waals surface area (Å²) in [6, 6.07) is 29.1. The van der Waals surface area contributed by atoms with Crippen molar-refractivity contribution in [2.75, 3.05) is 0 Å². The Morgan fingerprint density at radius 1 is 0.714 bits per heavy atom. The molecule has 0 bridgehead atoms. The number of rotatable bonds is 14. The molecular formula is C31H37NO3. The zero-order chi connectivity index (χ0) is 24.9. The van der Waals surface area contributed by atoms with E-state index in [2.05, 4.69) is 12.2 Å². The Morgan fingerprint density at radius 2 is 1.14 bits per heavy atom. The van der Waals surface area contributed by atoms with E-state index in [0.29, 0.717) is 6.42 Å². The van der Waals surface area contributed by atoms with Crippen molar-refractivity contribution in [1.82, 2.24) is 5.32 Å². The van der Waals surface area contributed by atoms with Crippen LogP contribution in [0.4, 0.5) is 0 Å². The molecule has 3 aromatic carbocycles. The van der Waals surface area contributed by atoms with E-state index >= 15 is 0 Å². The largest absolute Gasteiger partial charge is 0.480 e. The summed E-state index contributed by atoms with van der Waals surface area (Å²) in [6.45, 7) is 2.18. The molecule has 0 spiro atoms. The Bertz CT molecular complexity index is 938. The Hall–Kier alpha value is -3.40. The third-order valence-electron chi connectivity index (χ3n) is 6.71. The maximum absolute atomic E-state index is 13.5. The fraction of sp³-hybridized carbons (Fsp3) is 0.355. The molecular weight excluding hydrogens is 434 g/mol. The van der Waals surface area contributed by atoms with Gasteiger partial charge < -0.3 is 10.4 Å². The van der Waals surface area contributed by atoms with Crippen LogP contribution < -0.4 is 5.32 Å². The maximum Gasteiger partial charge on any atom is 0.326 e. The average molecular weight is 472 g/mol. The van der Waals surface area contributed by atoms with Gasteiger partial charge in [0.2, 0.25) is 5.91 Å². The number of carboxylic acid groups (broad SMARTS) is 1. The fourth-order valence-corrected chi connectivity index (χ4v) is 4.85. The highest BCUT2D eigenvalue weighted by molar-refractivity contribution is 5.85. The monoisotopic (exact) mass is 471 g/mol. The van der Waals surface area contributed by atoms with Crippen molar-refractivity contribution in [2.24, 2.45) is 0 Å². The number of hydrogen-bond donors (Lipinski definition) is 2. The number of aliphatic carboxylic acids is 1. The lowest BCUT2D eigenvalue weighted by molar-refractivity contribution is -0.142. The Balaban J connectivity index is 1.87. The van der Waals surface area contributed by atoms with Crippen LogP contribution in [-0.4, -0.2) is 23.0 Å². The van der Waals surface area contributed by atoms with E-state index in [4.69, 9.17) is 0 Å². The number of unbranched alkanes of at least 4 members (excludes halogenated alkanes) is 5. The molecule has 1 amide bonds. The van der Waals surface area contributed by atoms with Crippen molar-refractivity contribution in [3.8, 4) is 0 Å². The van der Waals surface area contributed by atoms with Gasteiger partial charge in [0.1, 0.15) is 6.04 Å². The first-order chi connectivity index (χ1) is 17.1. The van der Waals surface area contributed by atoms with E-state index in [1.54, 1.807) is 0 Å². The molecule has 35 heavy (non-hydrogen) atoms. The quantitative estimate of drug-likeness (QED) is 0.202.